The van der Waals surface area contributed by atoms with Gasteiger partial charge in [0.2, 0.25) is 0 Å². The highest BCUT2D eigenvalue weighted by atomic mass is 35.5. The Morgan fingerprint density at radius 1 is 1.12 bits per heavy atom. The molecule has 4 N–H and O–H groups in total. The van der Waals surface area contributed by atoms with Gasteiger partial charge in [-0.2, -0.15) is 0 Å². The van der Waals surface area contributed by atoms with Crippen molar-refractivity contribution in [2.24, 2.45) is 0 Å². The first kappa shape index (κ1) is 18.1. The van der Waals surface area contributed by atoms with Crippen LogP contribution in [0.5, 0.6) is 0 Å². The second-order valence-corrected chi connectivity index (χ2v) is 6.13. The third kappa shape index (κ3) is 3.08. The van der Waals surface area contributed by atoms with Gasteiger partial charge in [0, 0.05) is 13.1 Å². The fraction of sp³-hybridized carbons (Fsp3) is 0.353. The van der Waals surface area contributed by atoms with E-state index in [1.165, 1.54) is 0 Å². The van der Waals surface area contributed by atoms with E-state index < -0.39 is 5.97 Å². The molecule has 2 heterocycles. The van der Waals surface area contributed by atoms with Crippen LogP contribution >= 0.6 is 11.6 Å². The number of fused-ring (bicyclic) bond motifs is 1. The Bertz CT molecular complexity index is 800. The summed E-state index contributed by atoms with van der Waals surface area (Å²) in [5, 5.41) is -0.0789. The Labute approximate surface area is 156 Å². The monoisotopic (exact) mass is 376 g/mol. The van der Waals surface area contributed by atoms with Gasteiger partial charge in [0.15, 0.2) is 22.5 Å². The molecule has 138 valence electrons. The molecule has 8 nitrogen and oxygen atoms in total. The SMILES string of the molecule is CCN1c2ccccc2N(CC)C1COC(=O)c1nc(Cl)c(N)nc1N. The number of hydrogen-bond acceptors (Lipinski definition) is 8. The van der Waals surface area contributed by atoms with Crippen LogP contribution in [0.15, 0.2) is 24.3 Å². The van der Waals surface area contributed by atoms with E-state index in [9.17, 15) is 4.79 Å². The average Bonchev–Trinajstić information content (AvgIpc) is 2.95. The predicted octanol–water partition coefficient (Wildman–Crippen LogP) is 2.14. The topological polar surface area (TPSA) is 111 Å². The van der Waals surface area contributed by atoms with E-state index in [0.29, 0.717) is 0 Å². The fourth-order valence-electron chi connectivity index (χ4n) is 3.19. The molecule has 0 fully saturated rings. The lowest BCUT2D eigenvalue weighted by molar-refractivity contribution is 0.0474. The quantitative estimate of drug-likeness (QED) is 0.763. The summed E-state index contributed by atoms with van der Waals surface area (Å²) in [6.07, 6.45) is -0.107. The third-order valence-corrected chi connectivity index (χ3v) is 4.64. The number of hydrogen-bond donors (Lipinski definition) is 2. The lowest BCUT2D eigenvalue weighted by atomic mass is 10.2. The predicted molar refractivity (Wildman–Crippen MR) is 102 cm³/mol. The number of anilines is 4. The van der Waals surface area contributed by atoms with Crippen molar-refractivity contribution in [2.45, 2.75) is 20.0 Å². The minimum atomic E-state index is -0.681. The maximum absolute atomic E-state index is 12.4. The largest absolute Gasteiger partial charge is 0.457 e. The molecule has 0 radical (unpaired) electrons. The van der Waals surface area contributed by atoms with Crippen molar-refractivity contribution in [3.8, 4) is 0 Å². The highest BCUT2D eigenvalue weighted by Crippen LogP contribution is 2.39. The Kier molecular flexibility index (Phi) is 5.03. The first-order valence-electron chi connectivity index (χ1n) is 8.35. The first-order chi connectivity index (χ1) is 12.5. The third-order valence-electron chi connectivity index (χ3n) is 4.36. The summed E-state index contributed by atoms with van der Waals surface area (Å²) in [5.74, 6) is -0.812. The molecule has 0 amide bonds. The molecule has 0 bridgehead atoms. The fourth-order valence-corrected chi connectivity index (χ4v) is 3.32. The smallest absolute Gasteiger partial charge is 0.361 e. The van der Waals surface area contributed by atoms with Crippen molar-refractivity contribution in [1.82, 2.24) is 9.97 Å². The van der Waals surface area contributed by atoms with E-state index in [4.69, 9.17) is 27.8 Å². The van der Waals surface area contributed by atoms with Crippen LogP contribution in [0.3, 0.4) is 0 Å². The maximum Gasteiger partial charge on any atom is 0.361 e. The number of benzene rings is 1. The number of para-hydroxylation sites is 2. The number of carbonyl (C=O) groups is 1. The molecule has 0 saturated carbocycles. The van der Waals surface area contributed by atoms with Gasteiger partial charge in [0.05, 0.1) is 11.4 Å². The average molecular weight is 377 g/mol. The van der Waals surface area contributed by atoms with E-state index in [2.05, 4.69) is 45.7 Å². The zero-order valence-electron chi connectivity index (χ0n) is 14.6. The highest BCUT2D eigenvalue weighted by Gasteiger charge is 2.35. The molecule has 1 aliphatic heterocycles. The summed E-state index contributed by atoms with van der Waals surface area (Å²) in [4.78, 5) is 24.5. The summed E-state index contributed by atoms with van der Waals surface area (Å²) in [5.41, 5.74) is 13.4. The van der Waals surface area contributed by atoms with Crippen molar-refractivity contribution in [3.63, 3.8) is 0 Å². The minimum absolute atomic E-state index is 0.0266. The summed E-state index contributed by atoms with van der Waals surface area (Å²) >= 11 is 5.83. The van der Waals surface area contributed by atoms with Crippen LogP contribution in [0.4, 0.5) is 23.0 Å². The molecule has 0 saturated heterocycles. The van der Waals surface area contributed by atoms with E-state index in [1.54, 1.807) is 0 Å². The summed E-state index contributed by atoms with van der Waals surface area (Å²) in [6, 6.07) is 8.12. The summed E-state index contributed by atoms with van der Waals surface area (Å²) in [6.45, 7) is 5.84. The Hall–Kier alpha value is -2.74. The molecule has 0 atom stereocenters. The number of rotatable bonds is 5. The molecule has 26 heavy (non-hydrogen) atoms. The Morgan fingerprint density at radius 3 is 2.23 bits per heavy atom. The first-order valence-corrected chi connectivity index (χ1v) is 8.73. The van der Waals surface area contributed by atoms with Crippen LogP contribution in [0, 0.1) is 0 Å². The lowest BCUT2D eigenvalue weighted by Crippen LogP contribution is -2.47. The van der Waals surface area contributed by atoms with Gasteiger partial charge < -0.3 is 26.0 Å². The summed E-state index contributed by atoms with van der Waals surface area (Å²) in [7, 11) is 0. The van der Waals surface area contributed by atoms with Gasteiger partial charge in [0.25, 0.3) is 0 Å². The lowest BCUT2D eigenvalue weighted by Gasteiger charge is -2.31. The van der Waals surface area contributed by atoms with Crippen molar-refractivity contribution in [1.29, 1.82) is 0 Å². The van der Waals surface area contributed by atoms with Crippen LogP contribution in [-0.2, 0) is 4.74 Å². The molecule has 9 heteroatoms. The molecule has 3 rings (SSSR count). The maximum atomic E-state index is 12.4. The second-order valence-electron chi connectivity index (χ2n) is 5.77. The normalized spacial score (nSPS) is 13.8. The number of halogens is 1. The molecular formula is C17H21ClN6O2. The molecule has 1 aromatic heterocycles. The van der Waals surface area contributed by atoms with Crippen LogP contribution in [-0.4, -0.2) is 41.8 Å². The Morgan fingerprint density at radius 2 is 1.69 bits per heavy atom. The molecule has 0 aliphatic carbocycles. The number of aromatic nitrogens is 2. The van der Waals surface area contributed by atoms with Gasteiger partial charge in [-0.15, -0.1) is 0 Å². The molecule has 1 aromatic carbocycles. The minimum Gasteiger partial charge on any atom is -0.457 e. The molecule has 2 aromatic rings. The number of likely N-dealkylation sites (N-methyl/N-ethyl adjacent to an activating group) is 2. The van der Waals surface area contributed by atoms with Crippen LogP contribution in [0.1, 0.15) is 24.3 Å². The van der Waals surface area contributed by atoms with Gasteiger partial charge >= 0.3 is 5.97 Å². The Balaban J connectivity index is 1.79. The highest BCUT2D eigenvalue weighted by molar-refractivity contribution is 6.31. The summed E-state index contributed by atoms with van der Waals surface area (Å²) < 4.78 is 5.48. The van der Waals surface area contributed by atoms with Gasteiger partial charge in [-0.05, 0) is 26.0 Å². The van der Waals surface area contributed by atoms with E-state index >= 15 is 0 Å². The zero-order chi connectivity index (χ0) is 18.8. The number of nitrogens with zero attached hydrogens (tertiary/aromatic N) is 4. The standard InChI is InChI=1S/C17H21ClN6O2/c1-3-23-10-7-5-6-8-11(10)24(4-2)12(23)9-26-17(25)13-15(19)22-16(20)14(18)21-13/h5-8,12H,3-4,9H2,1-2H3,(H4,19,20,22). The van der Waals surface area contributed by atoms with Crippen molar-refractivity contribution in [2.75, 3.05) is 41.0 Å². The molecule has 0 unspecified atom stereocenters. The van der Waals surface area contributed by atoms with Crippen molar-refractivity contribution in [3.05, 3.63) is 35.1 Å². The molecular weight excluding hydrogens is 356 g/mol. The van der Waals surface area contributed by atoms with E-state index in [-0.39, 0.29) is 35.3 Å². The van der Waals surface area contributed by atoms with Gasteiger partial charge in [-0.3, -0.25) is 0 Å². The number of carbonyl (C=O) groups excluding carboxylic acids is 1. The van der Waals surface area contributed by atoms with Gasteiger partial charge in [0.1, 0.15) is 12.8 Å². The van der Waals surface area contributed by atoms with Crippen molar-refractivity contribution < 1.29 is 9.53 Å². The number of ether oxygens (including phenoxy) is 1. The number of nitrogens with two attached hydrogens (primary N) is 2. The second kappa shape index (κ2) is 7.25. The van der Waals surface area contributed by atoms with E-state index in [0.717, 1.165) is 24.5 Å². The zero-order valence-corrected chi connectivity index (χ0v) is 15.4. The number of esters is 1. The van der Waals surface area contributed by atoms with Gasteiger partial charge in [-0.1, -0.05) is 23.7 Å². The molecule has 0 spiro atoms. The molecule has 1 aliphatic rings. The number of nitrogen functional groups attached to an aromatic ring is 2. The van der Waals surface area contributed by atoms with Crippen LogP contribution < -0.4 is 21.3 Å². The van der Waals surface area contributed by atoms with Gasteiger partial charge in [-0.25, -0.2) is 14.8 Å². The van der Waals surface area contributed by atoms with Crippen molar-refractivity contribution >= 4 is 40.6 Å². The van der Waals surface area contributed by atoms with E-state index in [1.807, 2.05) is 12.1 Å². The van der Waals surface area contributed by atoms with Crippen LogP contribution in [0.25, 0.3) is 0 Å². The van der Waals surface area contributed by atoms with Crippen LogP contribution in [0.2, 0.25) is 5.15 Å².